The molecule has 0 aromatic heterocycles. The fraction of sp³-hybridized carbons (Fsp3) is 0.350. The molecule has 0 spiro atoms. The van der Waals surface area contributed by atoms with Crippen LogP contribution in [0, 0.1) is 0 Å². The van der Waals surface area contributed by atoms with Crippen molar-refractivity contribution in [1.29, 1.82) is 0 Å². The third-order valence-electron chi connectivity index (χ3n) is 4.62. The summed E-state index contributed by atoms with van der Waals surface area (Å²) >= 11 is 5.90. The summed E-state index contributed by atoms with van der Waals surface area (Å²) in [5.41, 5.74) is 1.30. The van der Waals surface area contributed by atoms with E-state index in [1.165, 1.54) is 0 Å². The third-order valence-corrected chi connectivity index (χ3v) is 6.77. The smallest absolute Gasteiger partial charge is 0.243 e. The van der Waals surface area contributed by atoms with E-state index in [4.69, 9.17) is 11.6 Å². The number of halogens is 1. The molecule has 2 aromatic carbocycles. The van der Waals surface area contributed by atoms with Gasteiger partial charge < -0.3 is 10.6 Å². The molecule has 1 aliphatic heterocycles. The first-order valence-electron chi connectivity index (χ1n) is 9.35. The topological polar surface area (TPSA) is 78.5 Å². The number of nitrogens with one attached hydrogen (secondary N) is 2. The number of carbonyl (C=O) groups excluding carboxylic acids is 1. The monoisotopic (exact) mass is 421 g/mol. The lowest BCUT2D eigenvalue weighted by atomic mass is 10.2. The molecule has 1 heterocycles. The normalized spacial score (nSPS) is 15.6. The molecule has 0 atom stereocenters. The molecule has 1 saturated heterocycles. The molecule has 0 radical (unpaired) electrons. The lowest BCUT2D eigenvalue weighted by Gasteiger charge is -2.20. The van der Waals surface area contributed by atoms with Gasteiger partial charge in [0.1, 0.15) is 0 Å². The highest BCUT2D eigenvalue weighted by Crippen LogP contribution is 2.22. The molecule has 3 rings (SSSR count). The molecule has 1 aliphatic rings. The molecule has 0 unspecified atom stereocenters. The van der Waals surface area contributed by atoms with Crippen LogP contribution in [0.4, 0.5) is 11.4 Å². The van der Waals surface area contributed by atoms with Gasteiger partial charge >= 0.3 is 0 Å². The number of amides is 1. The lowest BCUT2D eigenvalue weighted by molar-refractivity contribution is -0.114. The van der Waals surface area contributed by atoms with Gasteiger partial charge in [-0.1, -0.05) is 30.5 Å². The fourth-order valence-electron chi connectivity index (χ4n) is 3.13. The van der Waals surface area contributed by atoms with E-state index < -0.39 is 10.0 Å². The second-order valence-corrected chi connectivity index (χ2v) is 9.13. The zero-order chi connectivity index (χ0) is 20.0. The maximum absolute atomic E-state index is 12.8. The van der Waals surface area contributed by atoms with Gasteiger partial charge in [0, 0.05) is 29.5 Å². The van der Waals surface area contributed by atoms with Gasteiger partial charge in [0.15, 0.2) is 0 Å². The van der Waals surface area contributed by atoms with E-state index in [0.717, 1.165) is 25.7 Å². The summed E-state index contributed by atoms with van der Waals surface area (Å²) in [6.45, 7) is 1.21. The van der Waals surface area contributed by atoms with E-state index in [2.05, 4.69) is 10.6 Å². The molecule has 1 amide bonds. The summed E-state index contributed by atoms with van der Waals surface area (Å²) in [4.78, 5) is 12.3. The molecule has 2 aromatic rings. The van der Waals surface area contributed by atoms with E-state index in [-0.39, 0.29) is 17.3 Å². The predicted molar refractivity (Wildman–Crippen MR) is 112 cm³/mol. The number of sulfonamides is 1. The Kier molecular flexibility index (Phi) is 6.93. The van der Waals surface area contributed by atoms with Crippen LogP contribution >= 0.6 is 11.6 Å². The number of anilines is 2. The molecule has 150 valence electrons. The predicted octanol–water partition coefficient (Wildman–Crippen LogP) is 3.96. The van der Waals surface area contributed by atoms with Crippen LogP contribution in [0.3, 0.4) is 0 Å². The van der Waals surface area contributed by atoms with Crippen LogP contribution in [0.15, 0.2) is 53.4 Å². The van der Waals surface area contributed by atoms with Crippen LogP contribution in [0.1, 0.15) is 25.7 Å². The standard InChI is InChI=1S/C20H24ClN3O3S/c21-16-6-5-7-18(14-16)23-20(25)15-22-17-8-10-19(11-9-17)28(26,27)24-12-3-1-2-4-13-24/h5-11,14,22H,1-4,12-13,15H2,(H,23,25). The first-order valence-corrected chi connectivity index (χ1v) is 11.2. The van der Waals surface area contributed by atoms with E-state index in [9.17, 15) is 13.2 Å². The number of hydrogen-bond donors (Lipinski definition) is 2. The first-order chi connectivity index (χ1) is 13.4. The van der Waals surface area contributed by atoms with Crippen LogP contribution in [0.2, 0.25) is 5.02 Å². The highest BCUT2D eigenvalue weighted by Gasteiger charge is 2.24. The highest BCUT2D eigenvalue weighted by atomic mass is 35.5. The summed E-state index contributed by atoms with van der Waals surface area (Å²) in [7, 11) is -3.46. The minimum atomic E-state index is -3.46. The SMILES string of the molecule is O=C(CNc1ccc(S(=O)(=O)N2CCCCCC2)cc1)Nc1cccc(Cl)c1. The molecule has 0 bridgehead atoms. The van der Waals surface area contributed by atoms with E-state index in [1.54, 1.807) is 52.8 Å². The van der Waals surface area contributed by atoms with Crippen LogP contribution < -0.4 is 10.6 Å². The fourth-order valence-corrected chi connectivity index (χ4v) is 4.84. The van der Waals surface area contributed by atoms with Crippen LogP contribution in [-0.4, -0.2) is 38.3 Å². The largest absolute Gasteiger partial charge is 0.376 e. The maximum atomic E-state index is 12.8. The van der Waals surface area contributed by atoms with Crippen molar-refractivity contribution in [2.75, 3.05) is 30.3 Å². The van der Waals surface area contributed by atoms with Crippen LogP contribution in [0.5, 0.6) is 0 Å². The molecular weight excluding hydrogens is 398 g/mol. The molecule has 0 aliphatic carbocycles. The second kappa shape index (κ2) is 9.41. The van der Waals surface area contributed by atoms with Crippen molar-refractivity contribution in [2.24, 2.45) is 0 Å². The van der Waals surface area contributed by atoms with E-state index in [1.807, 2.05) is 0 Å². The molecular formula is C20H24ClN3O3S. The average molecular weight is 422 g/mol. The number of hydrogen-bond acceptors (Lipinski definition) is 4. The molecule has 28 heavy (non-hydrogen) atoms. The number of benzene rings is 2. The van der Waals surface area contributed by atoms with Crippen molar-refractivity contribution in [1.82, 2.24) is 4.31 Å². The van der Waals surface area contributed by atoms with Gasteiger partial charge in [0.05, 0.1) is 11.4 Å². The summed E-state index contributed by atoms with van der Waals surface area (Å²) in [6, 6.07) is 13.4. The molecule has 8 heteroatoms. The van der Waals surface area contributed by atoms with Crippen LogP contribution in [0.25, 0.3) is 0 Å². The summed E-state index contributed by atoms with van der Waals surface area (Å²) in [5, 5.41) is 6.29. The van der Waals surface area contributed by atoms with Gasteiger partial charge in [-0.3, -0.25) is 4.79 Å². The maximum Gasteiger partial charge on any atom is 0.243 e. The molecule has 2 N–H and O–H groups in total. The Labute approximate surface area is 170 Å². The Balaban J connectivity index is 1.57. The van der Waals surface area contributed by atoms with Gasteiger partial charge in [-0.15, -0.1) is 0 Å². The zero-order valence-electron chi connectivity index (χ0n) is 15.5. The first kappa shape index (κ1) is 20.6. The van der Waals surface area contributed by atoms with Gasteiger partial charge in [-0.25, -0.2) is 8.42 Å². The summed E-state index contributed by atoms with van der Waals surface area (Å²) in [5.74, 6) is -0.219. The Morgan fingerprint density at radius 1 is 0.964 bits per heavy atom. The third kappa shape index (κ3) is 5.47. The molecule has 0 saturated carbocycles. The Bertz CT molecular complexity index is 909. The number of rotatable bonds is 6. The van der Waals surface area contributed by atoms with Crippen molar-refractivity contribution in [3.8, 4) is 0 Å². The number of nitrogens with zero attached hydrogens (tertiary/aromatic N) is 1. The van der Waals surface area contributed by atoms with Gasteiger partial charge in [0.25, 0.3) is 0 Å². The second-order valence-electron chi connectivity index (χ2n) is 6.75. The van der Waals surface area contributed by atoms with Gasteiger partial charge in [0.2, 0.25) is 15.9 Å². The van der Waals surface area contributed by atoms with Crippen molar-refractivity contribution in [3.63, 3.8) is 0 Å². The minimum Gasteiger partial charge on any atom is -0.376 e. The van der Waals surface area contributed by atoms with Gasteiger partial charge in [-0.2, -0.15) is 4.31 Å². The van der Waals surface area contributed by atoms with Crippen molar-refractivity contribution >= 4 is 38.9 Å². The highest BCUT2D eigenvalue weighted by molar-refractivity contribution is 7.89. The van der Waals surface area contributed by atoms with E-state index in [0.29, 0.717) is 29.5 Å². The minimum absolute atomic E-state index is 0.0603. The zero-order valence-corrected chi connectivity index (χ0v) is 17.1. The lowest BCUT2D eigenvalue weighted by Crippen LogP contribution is -2.31. The van der Waals surface area contributed by atoms with Gasteiger partial charge in [-0.05, 0) is 55.3 Å². The molecule has 1 fully saturated rings. The quantitative estimate of drug-likeness (QED) is 0.740. The van der Waals surface area contributed by atoms with Crippen LogP contribution in [-0.2, 0) is 14.8 Å². The van der Waals surface area contributed by atoms with Crippen molar-refractivity contribution < 1.29 is 13.2 Å². The Morgan fingerprint density at radius 3 is 2.29 bits per heavy atom. The summed E-state index contributed by atoms with van der Waals surface area (Å²) < 4.78 is 27.1. The van der Waals surface area contributed by atoms with Crippen molar-refractivity contribution in [3.05, 3.63) is 53.6 Å². The number of carbonyl (C=O) groups is 1. The summed E-state index contributed by atoms with van der Waals surface area (Å²) in [6.07, 6.45) is 3.96. The van der Waals surface area contributed by atoms with E-state index >= 15 is 0 Å². The molecule has 6 nitrogen and oxygen atoms in total. The Hall–Kier alpha value is -2.09. The Morgan fingerprint density at radius 2 is 1.64 bits per heavy atom. The van der Waals surface area contributed by atoms with Crippen molar-refractivity contribution in [2.45, 2.75) is 30.6 Å². The average Bonchev–Trinajstić information content (AvgIpc) is 2.97.